The molecule has 2 amide bonds. The highest BCUT2D eigenvalue weighted by Crippen LogP contribution is 2.23. The van der Waals surface area contributed by atoms with Gasteiger partial charge < -0.3 is 10.6 Å². The monoisotopic (exact) mass is 232 g/mol. The lowest BCUT2D eigenvalue weighted by Gasteiger charge is -2.11. The molecule has 0 heterocycles. The normalized spacial score (nSPS) is 10.3. The number of rotatable bonds is 3. The first-order valence-electron chi connectivity index (χ1n) is 5.35. The molecule has 0 aliphatic carbocycles. The maximum absolute atomic E-state index is 11.4. The van der Waals surface area contributed by atoms with Gasteiger partial charge in [0.25, 0.3) is 0 Å². The van der Waals surface area contributed by atoms with Crippen LogP contribution in [0.25, 0.3) is 0 Å². The van der Waals surface area contributed by atoms with Crippen molar-refractivity contribution in [3.8, 4) is 0 Å². The Labute approximate surface area is 101 Å². The van der Waals surface area contributed by atoms with Gasteiger partial charge in [0.2, 0.25) is 11.8 Å². The van der Waals surface area contributed by atoms with Crippen LogP contribution in [0.3, 0.4) is 0 Å². The number of amides is 2. The molecule has 0 atom stereocenters. The van der Waals surface area contributed by atoms with Gasteiger partial charge in [-0.05, 0) is 37.6 Å². The third-order valence-electron chi connectivity index (χ3n) is 2.22. The summed E-state index contributed by atoms with van der Waals surface area (Å²) < 4.78 is 0. The van der Waals surface area contributed by atoms with E-state index in [1.807, 2.05) is 6.92 Å². The predicted octanol–water partition coefficient (Wildman–Crippen LogP) is 2.47. The van der Waals surface area contributed by atoms with E-state index in [0.29, 0.717) is 11.4 Å². The zero-order chi connectivity index (χ0) is 12.8. The van der Waals surface area contributed by atoms with E-state index in [1.54, 1.807) is 31.2 Å². The van der Waals surface area contributed by atoms with Gasteiger partial charge in [0, 0.05) is 18.3 Å². The van der Waals surface area contributed by atoms with E-state index in [2.05, 4.69) is 10.6 Å². The molecule has 0 unspecified atom stereocenters. The second-order valence-corrected chi connectivity index (χ2v) is 3.65. The standard InChI is InChI=1S/C13H16N2O2/c1-4-6-13(17)15-12-8-5-7-11(9(12)2)14-10(3)16/h4-8H,1-3H3,(H,14,16)(H,15,17)/b6-4+. The predicted molar refractivity (Wildman–Crippen MR) is 68.9 cm³/mol. The number of allylic oxidation sites excluding steroid dienone is 1. The summed E-state index contributed by atoms with van der Waals surface area (Å²) >= 11 is 0. The van der Waals surface area contributed by atoms with E-state index < -0.39 is 0 Å². The van der Waals surface area contributed by atoms with Crippen LogP contribution in [0.5, 0.6) is 0 Å². The average Bonchev–Trinajstić information content (AvgIpc) is 2.23. The summed E-state index contributed by atoms with van der Waals surface area (Å²) in [6.45, 7) is 5.07. The van der Waals surface area contributed by atoms with Crippen LogP contribution >= 0.6 is 0 Å². The Morgan fingerprint density at radius 2 is 1.76 bits per heavy atom. The number of carbonyl (C=O) groups is 2. The number of anilines is 2. The molecule has 0 bridgehead atoms. The molecule has 17 heavy (non-hydrogen) atoms. The summed E-state index contributed by atoms with van der Waals surface area (Å²) in [7, 11) is 0. The van der Waals surface area contributed by atoms with Crippen LogP contribution in [0.1, 0.15) is 19.4 Å². The van der Waals surface area contributed by atoms with E-state index in [-0.39, 0.29) is 11.8 Å². The van der Waals surface area contributed by atoms with E-state index >= 15 is 0 Å². The maximum Gasteiger partial charge on any atom is 0.248 e. The Hall–Kier alpha value is -2.10. The van der Waals surface area contributed by atoms with Crippen molar-refractivity contribution in [2.24, 2.45) is 0 Å². The van der Waals surface area contributed by atoms with Crippen LogP contribution in [-0.4, -0.2) is 11.8 Å². The molecule has 1 aromatic rings. The van der Waals surface area contributed by atoms with Crippen LogP contribution in [0.4, 0.5) is 11.4 Å². The molecule has 1 aromatic carbocycles. The molecule has 0 saturated heterocycles. The minimum atomic E-state index is -0.185. The Morgan fingerprint density at radius 1 is 1.18 bits per heavy atom. The quantitative estimate of drug-likeness (QED) is 0.786. The summed E-state index contributed by atoms with van der Waals surface area (Å²) in [5.41, 5.74) is 2.23. The van der Waals surface area contributed by atoms with Gasteiger partial charge in [-0.15, -0.1) is 0 Å². The van der Waals surface area contributed by atoms with Gasteiger partial charge in [-0.2, -0.15) is 0 Å². The molecule has 0 spiro atoms. The van der Waals surface area contributed by atoms with Gasteiger partial charge in [0.1, 0.15) is 0 Å². The molecule has 1 rings (SSSR count). The molecule has 0 aliphatic heterocycles. The Bertz CT molecular complexity index is 464. The summed E-state index contributed by atoms with van der Waals surface area (Å²) in [6.07, 6.45) is 3.12. The van der Waals surface area contributed by atoms with Gasteiger partial charge >= 0.3 is 0 Å². The first kappa shape index (κ1) is 13.0. The molecule has 4 heteroatoms. The Morgan fingerprint density at radius 3 is 2.29 bits per heavy atom. The smallest absolute Gasteiger partial charge is 0.248 e. The van der Waals surface area contributed by atoms with Crippen LogP contribution in [-0.2, 0) is 9.59 Å². The molecular formula is C13H16N2O2. The number of benzene rings is 1. The summed E-state index contributed by atoms with van der Waals surface area (Å²) in [4.78, 5) is 22.4. The first-order chi connectivity index (χ1) is 8.04. The fraction of sp³-hybridized carbons (Fsp3) is 0.231. The van der Waals surface area contributed by atoms with Crippen LogP contribution in [0, 0.1) is 6.92 Å². The largest absolute Gasteiger partial charge is 0.326 e. The highest BCUT2D eigenvalue weighted by Gasteiger charge is 2.06. The van der Waals surface area contributed by atoms with E-state index in [1.165, 1.54) is 13.0 Å². The summed E-state index contributed by atoms with van der Waals surface area (Å²) in [5, 5.41) is 5.46. The van der Waals surface area contributed by atoms with Crippen LogP contribution in [0.2, 0.25) is 0 Å². The third-order valence-corrected chi connectivity index (χ3v) is 2.22. The molecule has 0 radical (unpaired) electrons. The highest BCUT2D eigenvalue weighted by atomic mass is 16.2. The topological polar surface area (TPSA) is 58.2 Å². The third kappa shape index (κ3) is 3.75. The van der Waals surface area contributed by atoms with Crippen LogP contribution < -0.4 is 10.6 Å². The fourth-order valence-corrected chi connectivity index (χ4v) is 1.42. The number of carbonyl (C=O) groups excluding carboxylic acids is 2. The van der Waals surface area contributed by atoms with Crippen LogP contribution in [0.15, 0.2) is 30.4 Å². The molecule has 0 aliphatic rings. The zero-order valence-electron chi connectivity index (χ0n) is 10.2. The van der Waals surface area contributed by atoms with Gasteiger partial charge in [0.15, 0.2) is 0 Å². The van der Waals surface area contributed by atoms with Crippen molar-refractivity contribution >= 4 is 23.2 Å². The van der Waals surface area contributed by atoms with E-state index in [4.69, 9.17) is 0 Å². The Balaban J connectivity index is 2.94. The second-order valence-electron chi connectivity index (χ2n) is 3.65. The Kier molecular flexibility index (Phi) is 4.46. The van der Waals surface area contributed by atoms with Gasteiger partial charge in [0.05, 0.1) is 0 Å². The number of nitrogens with one attached hydrogen (secondary N) is 2. The number of hydrogen-bond donors (Lipinski definition) is 2. The zero-order valence-corrected chi connectivity index (χ0v) is 10.2. The molecule has 0 saturated carbocycles. The van der Waals surface area contributed by atoms with Gasteiger partial charge in [-0.3, -0.25) is 9.59 Å². The minimum Gasteiger partial charge on any atom is -0.326 e. The van der Waals surface area contributed by atoms with Crippen molar-refractivity contribution in [2.75, 3.05) is 10.6 Å². The molecule has 4 nitrogen and oxygen atoms in total. The van der Waals surface area contributed by atoms with Crippen molar-refractivity contribution in [2.45, 2.75) is 20.8 Å². The lowest BCUT2D eigenvalue weighted by Crippen LogP contribution is -2.11. The molecule has 2 N–H and O–H groups in total. The highest BCUT2D eigenvalue weighted by molar-refractivity contribution is 6.00. The van der Waals surface area contributed by atoms with Crippen molar-refractivity contribution in [3.63, 3.8) is 0 Å². The average molecular weight is 232 g/mol. The van der Waals surface area contributed by atoms with E-state index in [9.17, 15) is 9.59 Å². The molecule has 90 valence electrons. The van der Waals surface area contributed by atoms with Crippen molar-refractivity contribution in [1.29, 1.82) is 0 Å². The second kappa shape index (κ2) is 5.84. The van der Waals surface area contributed by atoms with E-state index in [0.717, 1.165) is 5.56 Å². The van der Waals surface area contributed by atoms with Crippen molar-refractivity contribution in [1.82, 2.24) is 0 Å². The molecule has 0 fully saturated rings. The molecular weight excluding hydrogens is 216 g/mol. The fourth-order valence-electron chi connectivity index (χ4n) is 1.42. The minimum absolute atomic E-state index is 0.134. The first-order valence-corrected chi connectivity index (χ1v) is 5.35. The van der Waals surface area contributed by atoms with Gasteiger partial charge in [-0.1, -0.05) is 12.1 Å². The van der Waals surface area contributed by atoms with Crippen molar-refractivity contribution < 1.29 is 9.59 Å². The summed E-state index contributed by atoms with van der Waals surface area (Å²) in [5.74, 6) is -0.319. The maximum atomic E-state index is 11.4. The SMILES string of the molecule is C/C=C/C(=O)Nc1cccc(NC(C)=O)c1C. The summed E-state index contributed by atoms with van der Waals surface area (Å²) in [6, 6.07) is 5.37. The lowest BCUT2D eigenvalue weighted by molar-refractivity contribution is -0.114. The van der Waals surface area contributed by atoms with Crippen molar-refractivity contribution in [3.05, 3.63) is 35.9 Å². The van der Waals surface area contributed by atoms with Gasteiger partial charge in [-0.25, -0.2) is 0 Å². The number of hydrogen-bond acceptors (Lipinski definition) is 2. The lowest BCUT2D eigenvalue weighted by atomic mass is 10.1. The molecule has 0 aromatic heterocycles.